The van der Waals surface area contributed by atoms with Crippen molar-refractivity contribution in [1.82, 2.24) is 4.98 Å². The molecule has 1 aromatic carbocycles. The van der Waals surface area contributed by atoms with Gasteiger partial charge in [-0.3, -0.25) is 4.98 Å². The van der Waals surface area contributed by atoms with Crippen LogP contribution in [0.1, 0.15) is 17.7 Å². The monoisotopic (exact) mass is 324 g/mol. The van der Waals surface area contributed by atoms with Crippen LogP contribution in [0.2, 0.25) is 0 Å². The molecule has 1 heterocycles. The number of aromatic hydroxyl groups is 2. The Hall–Kier alpha value is -3.33. The standard InChI is InChI=1S/C18H16N2O4/c19-12-14(10-13-6-7-16(21)17(22)11-13)18(23)24-9-3-5-15-4-1-2-8-20-15/h1-2,4,6-8,10-11,21-22H,3,5,9H2/b14-10+. The maximum absolute atomic E-state index is 11.9. The van der Waals surface area contributed by atoms with Crippen molar-refractivity contribution in [2.75, 3.05) is 6.61 Å². The van der Waals surface area contributed by atoms with Gasteiger partial charge in [0.25, 0.3) is 0 Å². The third kappa shape index (κ3) is 4.85. The number of hydrogen-bond donors (Lipinski definition) is 2. The first kappa shape index (κ1) is 17.0. The lowest BCUT2D eigenvalue weighted by Crippen LogP contribution is -2.08. The van der Waals surface area contributed by atoms with Crippen molar-refractivity contribution in [1.29, 1.82) is 5.26 Å². The molecule has 0 saturated carbocycles. The largest absolute Gasteiger partial charge is 0.504 e. The number of nitrogens with zero attached hydrogens (tertiary/aromatic N) is 2. The number of carbonyl (C=O) groups excluding carboxylic acids is 1. The lowest BCUT2D eigenvalue weighted by molar-refractivity contribution is -0.138. The summed E-state index contributed by atoms with van der Waals surface area (Å²) in [5.41, 5.74) is 1.13. The molecule has 6 heteroatoms. The molecule has 122 valence electrons. The molecule has 0 atom stereocenters. The summed E-state index contributed by atoms with van der Waals surface area (Å²) < 4.78 is 5.07. The summed E-state index contributed by atoms with van der Waals surface area (Å²) in [5, 5.41) is 27.7. The average Bonchev–Trinajstić information content (AvgIpc) is 2.60. The zero-order valence-corrected chi connectivity index (χ0v) is 12.8. The Bertz CT molecular complexity index is 779. The maximum atomic E-state index is 11.9. The van der Waals surface area contributed by atoms with Gasteiger partial charge in [-0.2, -0.15) is 5.26 Å². The van der Waals surface area contributed by atoms with Crippen LogP contribution in [0.25, 0.3) is 6.08 Å². The number of benzene rings is 1. The molecule has 1 aromatic heterocycles. The minimum absolute atomic E-state index is 0.176. The van der Waals surface area contributed by atoms with Gasteiger partial charge in [0.2, 0.25) is 0 Å². The Kier molecular flexibility index (Phi) is 5.92. The minimum atomic E-state index is -0.730. The lowest BCUT2D eigenvalue weighted by atomic mass is 10.1. The summed E-state index contributed by atoms with van der Waals surface area (Å²) in [7, 11) is 0. The quantitative estimate of drug-likeness (QED) is 0.278. The Balaban J connectivity index is 1.90. The van der Waals surface area contributed by atoms with E-state index in [1.165, 1.54) is 24.3 Å². The van der Waals surface area contributed by atoms with Gasteiger partial charge in [-0.15, -0.1) is 0 Å². The summed E-state index contributed by atoms with van der Waals surface area (Å²) in [4.78, 5) is 16.1. The van der Waals surface area contributed by atoms with E-state index in [2.05, 4.69) is 4.98 Å². The van der Waals surface area contributed by atoms with Gasteiger partial charge in [-0.25, -0.2) is 4.79 Å². The highest BCUT2D eigenvalue weighted by Gasteiger charge is 2.11. The van der Waals surface area contributed by atoms with Crippen molar-refractivity contribution >= 4 is 12.0 Å². The van der Waals surface area contributed by atoms with Crippen molar-refractivity contribution in [3.8, 4) is 17.6 Å². The van der Waals surface area contributed by atoms with Crippen LogP contribution in [0.15, 0.2) is 48.2 Å². The molecule has 2 rings (SSSR count). The predicted octanol–water partition coefficient (Wildman–Crippen LogP) is 2.58. The van der Waals surface area contributed by atoms with Gasteiger partial charge in [0, 0.05) is 11.9 Å². The van der Waals surface area contributed by atoms with E-state index in [4.69, 9.17) is 10.00 Å². The number of pyridine rings is 1. The lowest BCUT2D eigenvalue weighted by Gasteiger charge is -2.04. The number of phenolic OH excluding ortho intramolecular Hbond substituents is 2. The van der Waals surface area contributed by atoms with Crippen molar-refractivity contribution in [2.24, 2.45) is 0 Å². The molecule has 0 aliphatic carbocycles. The third-order valence-electron chi connectivity index (χ3n) is 3.19. The van der Waals surface area contributed by atoms with Crippen molar-refractivity contribution < 1.29 is 19.7 Å². The van der Waals surface area contributed by atoms with Crippen LogP contribution in [0, 0.1) is 11.3 Å². The molecule has 0 aliphatic heterocycles. The molecule has 0 bridgehead atoms. The summed E-state index contributed by atoms with van der Waals surface area (Å²) in [6, 6.07) is 11.4. The Labute approximate surface area is 139 Å². The highest BCUT2D eigenvalue weighted by Crippen LogP contribution is 2.25. The second-order valence-electron chi connectivity index (χ2n) is 4.98. The van der Waals surface area contributed by atoms with E-state index >= 15 is 0 Å². The van der Waals surface area contributed by atoms with Crippen LogP contribution in [-0.4, -0.2) is 27.8 Å². The van der Waals surface area contributed by atoms with Crippen LogP contribution in [0.4, 0.5) is 0 Å². The molecule has 0 unspecified atom stereocenters. The second kappa shape index (κ2) is 8.34. The summed E-state index contributed by atoms with van der Waals surface area (Å²) in [5.74, 6) is -1.33. The number of esters is 1. The van der Waals surface area contributed by atoms with E-state index < -0.39 is 5.97 Å². The smallest absolute Gasteiger partial charge is 0.348 e. The third-order valence-corrected chi connectivity index (χ3v) is 3.19. The van der Waals surface area contributed by atoms with E-state index in [0.29, 0.717) is 18.4 Å². The number of nitriles is 1. The topological polar surface area (TPSA) is 103 Å². The van der Waals surface area contributed by atoms with Crippen LogP contribution >= 0.6 is 0 Å². The molecule has 0 aliphatic rings. The van der Waals surface area contributed by atoms with Gasteiger partial charge < -0.3 is 14.9 Å². The molecule has 24 heavy (non-hydrogen) atoms. The van der Waals surface area contributed by atoms with Crippen molar-refractivity contribution in [2.45, 2.75) is 12.8 Å². The number of aromatic nitrogens is 1. The van der Waals surface area contributed by atoms with Gasteiger partial charge in [-0.05, 0) is 48.7 Å². The fourth-order valence-electron chi connectivity index (χ4n) is 1.98. The van der Waals surface area contributed by atoms with Gasteiger partial charge in [0.1, 0.15) is 11.6 Å². The van der Waals surface area contributed by atoms with Gasteiger partial charge in [0.15, 0.2) is 11.5 Å². The number of rotatable bonds is 6. The fourth-order valence-corrected chi connectivity index (χ4v) is 1.98. The molecule has 6 nitrogen and oxygen atoms in total. The number of carbonyl (C=O) groups is 1. The van der Waals surface area contributed by atoms with E-state index in [9.17, 15) is 15.0 Å². The predicted molar refractivity (Wildman–Crippen MR) is 86.9 cm³/mol. The first-order valence-corrected chi connectivity index (χ1v) is 7.31. The van der Waals surface area contributed by atoms with Crippen LogP contribution in [-0.2, 0) is 16.0 Å². The SMILES string of the molecule is N#C/C(=C\c1ccc(O)c(O)c1)C(=O)OCCCc1ccccn1. The fraction of sp³-hybridized carbons (Fsp3) is 0.167. The van der Waals surface area contributed by atoms with Gasteiger partial charge in [-0.1, -0.05) is 12.1 Å². The Morgan fingerprint density at radius 2 is 2.08 bits per heavy atom. The zero-order chi connectivity index (χ0) is 17.4. The maximum Gasteiger partial charge on any atom is 0.348 e. The number of aryl methyl sites for hydroxylation is 1. The summed E-state index contributed by atoms with van der Waals surface area (Å²) in [6.07, 6.45) is 4.26. The molecule has 0 fully saturated rings. The molecule has 0 radical (unpaired) electrons. The summed E-state index contributed by atoms with van der Waals surface area (Å²) >= 11 is 0. The van der Waals surface area contributed by atoms with Crippen LogP contribution in [0.3, 0.4) is 0 Å². The van der Waals surface area contributed by atoms with Crippen LogP contribution < -0.4 is 0 Å². The second-order valence-corrected chi connectivity index (χ2v) is 4.98. The normalized spacial score (nSPS) is 10.9. The van der Waals surface area contributed by atoms with E-state index in [-0.39, 0.29) is 23.7 Å². The van der Waals surface area contributed by atoms with E-state index in [1.54, 1.807) is 12.3 Å². The first-order valence-electron chi connectivity index (χ1n) is 7.31. The average molecular weight is 324 g/mol. The first-order chi connectivity index (χ1) is 11.6. The van der Waals surface area contributed by atoms with Crippen LogP contribution in [0.5, 0.6) is 11.5 Å². The number of ether oxygens (including phenoxy) is 1. The minimum Gasteiger partial charge on any atom is -0.504 e. The highest BCUT2D eigenvalue weighted by atomic mass is 16.5. The summed E-state index contributed by atoms with van der Waals surface area (Å²) in [6.45, 7) is 0.176. The Morgan fingerprint density at radius 3 is 2.75 bits per heavy atom. The molecule has 0 amide bonds. The van der Waals surface area contributed by atoms with Gasteiger partial charge in [0.05, 0.1) is 6.61 Å². The highest BCUT2D eigenvalue weighted by molar-refractivity contribution is 5.97. The Morgan fingerprint density at radius 1 is 1.25 bits per heavy atom. The number of hydrogen-bond acceptors (Lipinski definition) is 6. The van der Waals surface area contributed by atoms with E-state index in [0.717, 1.165) is 5.69 Å². The van der Waals surface area contributed by atoms with Crippen molar-refractivity contribution in [3.05, 3.63) is 59.4 Å². The molecule has 2 aromatic rings. The zero-order valence-electron chi connectivity index (χ0n) is 12.8. The molecular formula is C18H16N2O4. The molecule has 0 saturated heterocycles. The molecule has 0 spiro atoms. The number of phenols is 2. The molecular weight excluding hydrogens is 308 g/mol. The molecule has 2 N–H and O–H groups in total. The van der Waals surface area contributed by atoms with Gasteiger partial charge >= 0.3 is 5.97 Å². The van der Waals surface area contributed by atoms with Crippen molar-refractivity contribution in [3.63, 3.8) is 0 Å². The van der Waals surface area contributed by atoms with E-state index in [1.807, 2.05) is 18.2 Å².